The summed E-state index contributed by atoms with van der Waals surface area (Å²) in [7, 11) is 0. The highest BCUT2D eigenvalue weighted by Gasteiger charge is 2.19. The van der Waals surface area contributed by atoms with E-state index >= 15 is 0 Å². The molecule has 0 aliphatic heterocycles. The molecule has 0 aromatic heterocycles. The molecule has 382 valence electrons. The minimum atomic E-state index is -0.813. The summed E-state index contributed by atoms with van der Waals surface area (Å²) in [6.45, 7) is 6.43. The van der Waals surface area contributed by atoms with Crippen molar-refractivity contribution in [3.63, 3.8) is 0 Å². The normalized spacial score (nSPS) is 12.8. The molecule has 0 amide bonds. The Morgan fingerprint density at radius 3 is 1.03 bits per heavy atom. The van der Waals surface area contributed by atoms with E-state index in [0.29, 0.717) is 19.3 Å². The first-order valence-electron chi connectivity index (χ1n) is 27.7. The summed E-state index contributed by atoms with van der Waals surface area (Å²) in [5.74, 6) is -1.00. The van der Waals surface area contributed by atoms with Gasteiger partial charge >= 0.3 is 17.9 Å². The molecule has 1 atom stereocenters. The van der Waals surface area contributed by atoms with Gasteiger partial charge in [-0.1, -0.05) is 240 Å². The average Bonchev–Trinajstić information content (AvgIpc) is 3.33. The maximum absolute atomic E-state index is 12.8. The van der Waals surface area contributed by atoms with E-state index in [1.807, 2.05) is 6.08 Å². The standard InChI is InChI=1S/C61H102O6/c1-4-7-10-13-16-19-22-25-28-29-30-31-34-36-39-42-45-48-51-54-60(63)66-57-58(67-61(64)55-52-49-46-43-40-37-33-27-24-21-18-15-12-9-6-3)56-65-59(62)53-50-47-44-41-38-35-32-26-23-20-17-14-11-8-5-2/h7,10,16-17,19-20,25-26,28,30-32,36,39,45,48,58H,4-6,8-9,11-15,18,21-24,27,29,33-35,37-38,40-44,46-47,49-57H2,1-3H3. The molecule has 0 saturated heterocycles. The highest BCUT2D eigenvalue weighted by molar-refractivity contribution is 5.71. The number of carbonyl (C=O) groups excluding carboxylic acids is 3. The van der Waals surface area contributed by atoms with Gasteiger partial charge in [-0.3, -0.25) is 14.4 Å². The molecule has 0 saturated carbocycles. The second-order valence-electron chi connectivity index (χ2n) is 18.1. The van der Waals surface area contributed by atoms with E-state index < -0.39 is 6.10 Å². The van der Waals surface area contributed by atoms with E-state index in [4.69, 9.17) is 14.2 Å². The van der Waals surface area contributed by atoms with Crippen LogP contribution in [0.15, 0.2) is 97.2 Å². The molecule has 0 aromatic carbocycles. The molecular formula is C61H102O6. The van der Waals surface area contributed by atoms with E-state index in [1.165, 1.54) is 103 Å². The van der Waals surface area contributed by atoms with E-state index in [9.17, 15) is 14.4 Å². The van der Waals surface area contributed by atoms with Gasteiger partial charge < -0.3 is 14.2 Å². The summed E-state index contributed by atoms with van der Waals surface area (Å²) < 4.78 is 16.8. The molecule has 0 aliphatic rings. The van der Waals surface area contributed by atoms with Gasteiger partial charge in [0.05, 0.1) is 0 Å². The van der Waals surface area contributed by atoms with Gasteiger partial charge in [0, 0.05) is 19.3 Å². The molecule has 0 aromatic rings. The van der Waals surface area contributed by atoms with Gasteiger partial charge in [0.1, 0.15) is 13.2 Å². The van der Waals surface area contributed by atoms with Crippen molar-refractivity contribution in [2.24, 2.45) is 0 Å². The third kappa shape index (κ3) is 53.2. The first-order valence-corrected chi connectivity index (χ1v) is 27.7. The molecule has 0 rings (SSSR count). The lowest BCUT2D eigenvalue weighted by molar-refractivity contribution is -0.166. The molecule has 6 nitrogen and oxygen atoms in total. The summed E-state index contributed by atoms with van der Waals surface area (Å²) >= 11 is 0. The van der Waals surface area contributed by atoms with Crippen LogP contribution in [0.5, 0.6) is 0 Å². The van der Waals surface area contributed by atoms with Crippen molar-refractivity contribution in [1.29, 1.82) is 0 Å². The third-order valence-electron chi connectivity index (χ3n) is 11.6. The zero-order valence-electron chi connectivity index (χ0n) is 43.6. The zero-order valence-corrected chi connectivity index (χ0v) is 43.6. The fourth-order valence-corrected chi connectivity index (χ4v) is 7.44. The van der Waals surface area contributed by atoms with Gasteiger partial charge in [-0.15, -0.1) is 0 Å². The number of hydrogen-bond acceptors (Lipinski definition) is 6. The van der Waals surface area contributed by atoms with Crippen LogP contribution in [0, 0.1) is 0 Å². The maximum atomic E-state index is 12.8. The van der Waals surface area contributed by atoms with Crippen LogP contribution in [0.4, 0.5) is 0 Å². The SMILES string of the molecule is CCC=CCC=CCC=CCC=CCC=CCC=CCCC(=O)OCC(COC(=O)CCCCCCCC=CCC=CCCCCC)OC(=O)CCCCCCCCCCCCCCCCC. The monoisotopic (exact) mass is 931 g/mol. The number of rotatable bonds is 49. The predicted octanol–water partition coefficient (Wildman–Crippen LogP) is 18.5. The van der Waals surface area contributed by atoms with Gasteiger partial charge in [0.2, 0.25) is 0 Å². The number of hydrogen-bond donors (Lipinski definition) is 0. The van der Waals surface area contributed by atoms with Crippen LogP contribution in [0.3, 0.4) is 0 Å². The van der Waals surface area contributed by atoms with Crippen molar-refractivity contribution >= 4 is 17.9 Å². The first kappa shape index (κ1) is 63.3. The number of unbranched alkanes of at least 4 members (excludes halogenated alkanes) is 22. The summed E-state index contributed by atoms with van der Waals surface area (Å²) in [4.78, 5) is 38.1. The van der Waals surface area contributed by atoms with Gasteiger partial charge in [0.25, 0.3) is 0 Å². The van der Waals surface area contributed by atoms with E-state index in [0.717, 1.165) is 103 Å². The molecule has 6 heteroatoms. The molecule has 0 heterocycles. The molecule has 0 bridgehead atoms. The van der Waals surface area contributed by atoms with Crippen LogP contribution in [0.2, 0.25) is 0 Å². The smallest absolute Gasteiger partial charge is 0.306 e. The van der Waals surface area contributed by atoms with Gasteiger partial charge in [-0.05, 0) is 89.9 Å². The lowest BCUT2D eigenvalue weighted by Gasteiger charge is -2.18. The Kier molecular flexibility index (Phi) is 51.9. The Bertz CT molecular complexity index is 1350. The van der Waals surface area contributed by atoms with Crippen LogP contribution in [0.25, 0.3) is 0 Å². The molecular weight excluding hydrogens is 829 g/mol. The highest BCUT2D eigenvalue weighted by atomic mass is 16.6. The van der Waals surface area contributed by atoms with Crippen LogP contribution < -0.4 is 0 Å². The van der Waals surface area contributed by atoms with Crippen LogP contribution in [-0.2, 0) is 28.6 Å². The third-order valence-corrected chi connectivity index (χ3v) is 11.6. The summed E-state index contributed by atoms with van der Waals surface area (Å²) in [6, 6.07) is 0. The topological polar surface area (TPSA) is 78.9 Å². The summed E-state index contributed by atoms with van der Waals surface area (Å²) in [6.07, 6.45) is 72.6. The number of ether oxygens (including phenoxy) is 3. The number of carbonyl (C=O) groups is 3. The van der Waals surface area contributed by atoms with Crippen molar-refractivity contribution in [3.05, 3.63) is 97.2 Å². The fraction of sp³-hybridized carbons (Fsp3) is 0.689. The van der Waals surface area contributed by atoms with E-state index in [-0.39, 0.29) is 37.5 Å². The Hall–Kier alpha value is -3.67. The van der Waals surface area contributed by atoms with Crippen LogP contribution in [0.1, 0.15) is 252 Å². The van der Waals surface area contributed by atoms with E-state index in [2.05, 4.69) is 112 Å². The summed E-state index contributed by atoms with van der Waals surface area (Å²) in [5.41, 5.74) is 0. The first-order chi connectivity index (χ1) is 33.0. The van der Waals surface area contributed by atoms with Gasteiger partial charge in [0.15, 0.2) is 6.10 Å². The predicted molar refractivity (Wildman–Crippen MR) is 288 cm³/mol. The summed E-state index contributed by atoms with van der Waals surface area (Å²) in [5, 5.41) is 0. The van der Waals surface area contributed by atoms with Crippen molar-refractivity contribution in [2.45, 2.75) is 258 Å². The Labute approximate surface area is 413 Å². The van der Waals surface area contributed by atoms with Crippen LogP contribution >= 0.6 is 0 Å². The average molecular weight is 931 g/mol. The molecule has 1 unspecified atom stereocenters. The fourth-order valence-electron chi connectivity index (χ4n) is 7.44. The lowest BCUT2D eigenvalue weighted by Crippen LogP contribution is -2.30. The highest BCUT2D eigenvalue weighted by Crippen LogP contribution is 2.15. The molecule has 0 fully saturated rings. The second kappa shape index (κ2) is 54.9. The Morgan fingerprint density at radius 1 is 0.313 bits per heavy atom. The molecule has 0 radical (unpaired) electrons. The minimum Gasteiger partial charge on any atom is -0.462 e. The zero-order chi connectivity index (χ0) is 48.6. The molecule has 67 heavy (non-hydrogen) atoms. The van der Waals surface area contributed by atoms with Crippen molar-refractivity contribution in [2.75, 3.05) is 13.2 Å². The molecule has 0 spiro atoms. The maximum Gasteiger partial charge on any atom is 0.306 e. The van der Waals surface area contributed by atoms with Gasteiger partial charge in [-0.25, -0.2) is 0 Å². The Morgan fingerprint density at radius 2 is 0.612 bits per heavy atom. The minimum absolute atomic E-state index is 0.107. The molecule has 0 N–H and O–H groups in total. The molecule has 0 aliphatic carbocycles. The van der Waals surface area contributed by atoms with Crippen molar-refractivity contribution in [3.8, 4) is 0 Å². The largest absolute Gasteiger partial charge is 0.462 e. The van der Waals surface area contributed by atoms with Gasteiger partial charge in [-0.2, -0.15) is 0 Å². The van der Waals surface area contributed by atoms with Crippen LogP contribution in [-0.4, -0.2) is 37.2 Å². The van der Waals surface area contributed by atoms with E-state index in [1.54, 1.807) is 0 Å². The number of allylic oxidation sites excluding steroid dienone is 16. The Balaban J connectivity index is 4.51. The second-order valence-corrected chi connectivity index (χ2v) is 18.1. The van der Waals surface area contributed by atoms with Crippen molar-refractivity contribution in [1.82, 2.24) is 0 Å². The van der Waals surface area contributed by atoms with Crippen molar-refractivity contribution < 1.29 is 28.6 Å². The quantitative estimate of drug-likeness (QED) is 0.0262. The number of esters is 3. The lowest BCUT2D eigenvalue weighted by atomic mass is 10.0.